The number of thiazole rings is 2. The highest BCUT2D eigenvalue weighted by Gasteiger charge is 2.42. The standard InChI is InChI=1S/C38H17N3OS5/c1-4-10-25-20(7-1)21-17-31-34-35(36(21)45-25)42-24-13-18(37-39-22-8-2-5-11-26(22)46-37)14-28-32(24)41(34)33-29(43-28)15-19(16-30(33)44-31)38-40-23-9-3-6-12-27(23)47-38/h1-17H/i2D,3D,5D,6D,8D,9D,11D,12D. The van der Waals surface area contributed by atoms with Crippen LogP contribution in [0.15, 0.2) is 123 Å². The zero-order valence-electron chi connectivity index (χ0n) is 31.5. The van der Waals surface area contributed by atoms with Crippen molar-refractivity contribution in [2.75, 3.05) is 4.90 Å². The number of hydrogen-bond acceptors (Lipinski definition) is 9. The van der Waals surface area contributed by atoms with Gasteiger partial charge >= 0.3 is 0 Å². The summed E-state index contributed by atoms with van der Waals surface area (Å²) in [7, 11) is 0. The summed E-state index contributed by atoms with van der Waals surface area (Å²) in [5.41, 5.74) is 4.92. The van der Waals surface area contributed by atoms with Crippen molar-refractivity contribution in [3.63, 3.8) is 0 Å². The zero-order valence-corrected chi connectivity index (χ0v) is 27.6. The van der Waals surface area contributed by atoms with Gasteiger partial charge in [0.05, 0.1) is 41.8 Å². The Balaban J connectivity index is 1.12. The highest BCUT2D eigenvalue weighted by molar-refractivity contribution is 8.00. The quantitative estimate of drug-likeness (QED) is 0.179. The minimum Gasteiger partial charge on any atom is -0.451 e. The maximum atomic E-state index is 8.55. The van der Waals surface area contributed by atoms with Crippen molar-refractivity contribution in [2.45, 2.75) is 19.6 Å². The van der Waals surface area contributed by atoms with E-state index in [2.05, 4.69) is 35.2 Å². The summed E-state index contributed by atoms with van der Waals surface area (Å²) < 4.78 is 77.0. The van der Waals surface area contributed by atoms with E-state index in [4.69, 9.17) is 25.7 Å². The Morgan fingerprint density at radius 2 is 1.21 bits per heavy atom. The molecule has 0 bridgehead atoms. The number of hydrogen-bond donors (Lipinski definition) is 0. The Hall–Kier alpha value is -4.38. The summed E-state index contributed by atoms with van der Waals surface area (Å²) in [6.45, 7) is 0. The van der Waals surface area contributed by atoms with Crippen LogP contribution in [0.25, 0.3) is 61.7 Å². The number of thiophene rings is 1. The molecule has 0 spiro atoms. The first kappa shape index (κ1) is 19.4. The van der Waals surface area contributed by atoms with Crippen LogP contribution in [-0.2, 0) is 0 Å². The number of para-hydroxylation sites is 2. The highest BCUT2D eigenvalue weighted by atomic mass is 32.2. The van der Waals surface area contributed by atoms with Crippen molar-refractivity contribution in [3.05, 3.63) is 103 Å². The van der Waals surface area contributed by atoms with Crippen molar-refractivity contribution in [1.82, 2.24) is 9.97 Å². The molecule has 9 aromatic rings. The highest BCUT2D eigenvalue weighted by Crippen LogP contribution is 2.69. The summed E-state index contributed by atoms with van der Waals surface area (Å²) in [6.07, 6.45) is 0. The Morgan fingerprint density at radius 3 is 1.94 bits per heavy atom. The van der Waals surface area contributed by atoms with Gasteiger partial charge in [0.25, 0.3) is 0 Å². The van der Waals surface area contributed by atoms with E-state index in [1.807, 2.05) is 24.3 Å². The van der Waals surface area contributed by atoms with Gasteiger partial charge in [-0.1, -0.05) is 65.9 Å². The molecule has 0 saturated carbocycles. The van der Waals surface area contributed by atoms with Crippen LogP contribution in [0.4, 0.5) is 17.1 Å². The topological polar surface area (TPSA) is 38.2 Å². The molecule has 0 atom stereocenters. The van der Waals surface area contributed by atoms with Crippen LogP contribution in [0.2, 0.25) is 0 Å². The molecule has 0 radical (unpaired) electrons. The molecule has 3 aliphatic rings. The molecule has 0 saturated heterocycles. The average Bonchev–Trinajstić information content (AvgIpc) is 3.94. The van der Waals surface area contributed by atoms with Crippen molar-refractivity contribution >= 4 is 115 Å². The molecule has 0 aliphatic carbocycles. The molecule has 6 aromatic carbocycles. The molecule has 47 heavy (non-hydrogen) atoms. The molecule has 0 amide bonds. The van der Waals surface area contributed by atoms with E-state index in [-0.39, 0.29) is 59.4 Å². The molecule has 3 aliphatic heterocycles. The summed E-state index contributed by atoms with van der Waals surface area (Å²) in [5, 5.41) is 3.39. The zero-order chi connectivity index (χ0) is 37.3. The normalized spacial score (nSPS) is 16.3. The lowest BCUT2D eigenvalue weighted by molar-refractivity contribution is 0.479. The number of nitrogens with zero attached hydrogens (tertiary/aromatic N) is 3. The number of aromatic nitrogens is 2. The fourth-order valence-electron chi connectivity index (χ4n) is 6.61. The third kappa shape index (κ3) is 3.50. The number of benzene rings is 6. The predicted molar refractivity (Wildman–Crippen MR) is 200 cm³/mol. The van der Waals surface area contributed by atoms with Crippen LogP contribution >= 0.6 is 57.5 Å². The average molecular weight is 700 g/mol. The number of ether oxygens (including phenoxy) is 1. The lowest BCUT2D eigenvalue weighted by Crippen LogP contribution is -2.23. The second-order valence-corrected chi connectivity index (χ2v) is 16.4. The molecular weight excluding hydrogens is 675 g/mol. The fourth-order valence-corrected chi connectivity index (χ4v) is 11.9. The first-order valence-electron chi connectivity index (χ1n) is 18.5. The van der Waals surface area contributed by atoms with E-state index in [1.54, 1.807) is 34.9 Å². The predicted octanol–water partition coefficient (Wildman–Crippen LogP) is 13.1. The van der Waals surface area contributed by atoms with Gasteiger partial charge in [0, 0.05) is 46.2 Å². The number of rotatable bonds is 2. The fraction of sp³-hybridized carbons (Fsp3) is 0. The first-order chi connectivity index (χ1) is 26.5. The third-order valence-electron chi connectivity index (χ3n) is 8.55. The summed E-state index contributed by atoms with van der Waals surface area (Å²) in [5.74, 6) is 1.41. The Labute approximate surface area is 299 Å². The van der Waals surface area contributed by atoms with Crippen molar-refractivity contribution in [3.8, 4) is 32.6 Å². The van der Waals surface area contributed by atoms with Crippen LogP contribution in [0.1, 0.15) is 11.0 Å². The van der Waals surface area contributed by atoms with Crippen LogP contribution in [0, 0.1) is 0 Å². The van der Waals surface area contributed by atoms with Gasteiger partial charge in [0.15, 0.2) is 11.5 Å². The maximum absolute atomic E-state index is 8.55. The molecule has 6 heterocycles. The van der Waals surface area contributed by atoms with Gasteiger partial charge in [-0.2, -0.15) is 0 Å². The number of anilines is 3. The van der Waals surface area contributed by atoms with E-state index in [1.165, 1.54) is 22.7 Å². The molecule has 9 heteroatoms. The Kier molecular flexibility index (Phi) is 3.79. The van der Waals surface area contributed by atoms with Crippen molar-refractivity contribution in [2.24, 2.45) is 0 Å². The molecule has 0 N–H and O–H groups in total. The van der Waals surface area contributed by atoms with Crippen LogP contribution in [0.5, 0.6) is 11.5 Å². The molecular formula is C38H17N3OS5. The van der Waals surface area contributed by atoms with Gasteiger partial charge in [-0.05, 0) is 60.6 Å². The monoisotopic (exact) mass is 699 g/mol. The molecule has 3 aromatic heterocycles. The van der Waals surface area contributed by atoms with Gasteiger partial charge in [-0.3, -0.25) is 4.90 Å². The van der Waals surface area contributed by atoms with Crippen LogP contribution < -0.4 is 9.64 Å². The number of fused-ring (bicyclic) bond motifs is 6. The molecule has 0 fully saturated rings. The smallest absolute Gasteiger partial charge is 0.170 e. The first-order valence-corrected chi connectivity index (χ1v) is 18.6. The van der Waals surface area contributed by atoms with Crippen LogP contribution in [0.3, 0.4) is 0 Å². The van der Waals surface area contributed by atoms with Crippen LogP contribution in [-0.4, -0.2) is 9.97 Å². The van der Waals surface area contributed by atoms with Gasteiger partial charge < -0.3 is 4.74 Å². The van der Waals surface area contributed by atoms with Gasteiger partial charge in [0.2, 0.25) is 0 Å². The Morgan fingerprint density at radius 1 is 0.596 bits per heavy atom. The minimum atomic E-state index is -0.314. The van der Waals surface area contributed by atoms with Crippen molar-refractivity contribution in [1.29, 1.82) is 0 Å². The second kappa shape index (κ2) is 9.15. The van der Waals surface area contributed by atoms with E-state index < -0.39 is 0 Å². The van der Waals surface area contributed by atoms with E-state index in [9.17, 15) is 0 Å². The minimum absolute atomic E-state index is 0.0959. The molecule has 4 nitrogen and oxygen atoms in total. The SMILES string of the molecule is [2H]c1c([2H])c([2H])c2sc(-c3cc4c5c(c3)Sc3cc(-c6nc7c([2H])c([2H])c([2H])c([2H])c7s6)cc6c3N5c3c(cc5c(sc7ccccc75)c3O4)S6)nc2c1[2H]. The molecule has 220 valence electrons. The third-order valence-corrected chi connectivity index (χ3v) is 13.9. The largest absolute Gasteiger partial charge is 0.451 e. The second-order valence-electron chi connectivity index (χ2n) is 11.2. The molecule has 12 rings (SSSR count). The van der Waals surface area contributed by atoms with Gasteiger partial charge in [0.1, 0.15) is 21.4 Å². The van der Waals surface area contributed by atoms with E-state index in [0.29, 0.717) is 25.2 Å². The van der Waals surface area contributed by atoms with Crippen molar-refractivity contribution < 1.29 is 15.7 Å². The van der Waals surface area contributed by atoms with E-state index in [0.717, 1.165) is 73.7 Å². The lowest BCUT2D eigenvalue weighted by atomic mass is 10.0. The summed E-state index contributed by atoms with van der Waals surface area (Å²) >= 11 is 7.43. The van der Waals surface area contributed by atoms with Gasteiger partial charge in [-0.15, -0.1) is 34.0 Å². The summed E-state index contributed by atoms with van der Waals surface area (Å²) in [4.78, 5) is 15.8. The maximum Gasteiger partial charge on any atom is 0.170 e. The Bertz CT molecular complexity index is 3220. The van der Waals surface area contributed by atoms with Gasteiger partial charge in [-0.25, -0.2) is 9.97 Å². The lowest BCUT2D eigenvalue weighted by Gasteiger charge is -2.42. The van der Waals surface area contributed by atoms with E-state index >= 15 is 0 Å². The summed E-state index contributed by atoms with van der Waals surface area (Å²) in [6, 6.07) is 17.1. The molecule has 0 unspecified atom stereocenters.